The molecule has 0 unspecified atom stereocenters. The van der Waals surface area contributed by atoms with Crippen LogP contribution in [0.5, 0.6) is 0 Å². The van der Waals surface area contributed by atoms with Crippen molar-refractivity contribution in [3.8, 4) is 0 Å². The van der Waals surface area contributed by atoms with Gasteiger partial charge in [0.2, 0.25) is 0 Å². The molecule has 1 aliphatic rings. The van der Waals surface area contributed by atoms with Crippen molar-refractivity contribution in [2.45, 2.75) is 6.42 Å². The van der Waals surface area contributed by atoms with Gasteiger partial charge in [-0.2, -0.15) is 0 Å². The SMILES string of the molecule is COC(=O)N1CCCN(C(=O)c2ccccc2Br)CC1. The summed E-state index contributed by atoms with van der Waals surface area (Å²) in [6, 6.07) is 7.38. The van der Waals surface area contributed by atoms with Crippen LogP contribution >= 0.6 is 15.9 Å². The maximum absolute atomic E-state index is 12.5. The van der Waals surface area contributed by atoms with Crippen molar-refractivity contribution < 1.29 is 14.3 Å². The van der Waals surface area contributed by atoms with Gasteiger partial charge in [0.05, 0.1) is 12.7 Å². The number of amides is 2. The number of ether oxygens (including phenoxy) is 1. The van der Waals surface area contributed by atoms with E-state index in [2.05, 4.69) is 15.9 Å². The number of rotatable bonds is 1. The predicted molar refractivity (Wildman–Crippen MR) is 78.6 cm³/mol. The van der Waals surface area contributed by atoms with Gasteiger partial charge in [0, 0.05) is 30.7 Å². The number of methoxy groups -OCH3 is 1. The van der Waals surface area contributed by atoms with E-state index in [-0.39, 0.29) is 12.0 Å². The van der Waals surface area contributed by atoms with Crippen LogP contribution < -0.4 is 0 Å². The highest BCUT2D eigenvalue weighted by atomic mass is 79.9. The van der Waals surface area contributed by atoms with Gasteiger partial charge in [0.1, 0.15) is 0 Å². The molecule has 0 bridgehead atoms. The van der Waals surface area contributed by atoms with Crippen LogP contribution in [0.15, 0.2) is 28.7 Å². The molecule has 2 amide bonds. The Kier molecular flexibility index (Phi) is 5.00. The largest absolute Gasteiger partial charge is 0.453 e. The van der Waals surface area contributed by atoms with Gasteiger partial charge < -0.3 is 14.5 Å². The van der Waals surface area contributed by atoms with Gasteiger partial charge in [-0.3, -0.25) is 4.79 Å². The first-order valence-corrected chi connectivity index (χ1v) is 7.29. The van der Waals surface area contributed by atoms with Crippen LogP contribution in [-0.4, -0.2) is 55.1 Å². The van der Waals surface area contributed by atoms with Crippen molar-refractivity contribution in [1.29, 1.82) is 0 Å². The minimum atomic E-state index is -0.333. The Morgan fingerprint density at radius 2 is 1.75 bits per heavy atom. The molecule has 1 heterocycles. The summed E-state index contributed by atoms with van der Waals surface area (Å²) in [5.74, 6) is -0.0100. The molecule has 6 heteroatoms. The van der Waals surface area contributed by atoms with Gasteiger partial charge in [-0.25, -0.2) is 4.79 Å². The van der Waals surface area contributed by atoms with Gasteiger partial charge in [-0.05, 0) is 34.5 Å². The smallest absolute Gasteiger partial charge is 0.409 e. The second-order valence-electron chi connectivity index (χ2n) is 4.58. The number of benzene rings is 1. The van der Waals surface area contributed by atoms with Crippen molar-refractivity contribution in [1.82, 2.24) is 9.80 Å². The molecule has 1 aliphatic heterocycles. The molecule has 0 aromatic heterocycles. The third-order valence-corrected chi connectivity index (χ3v) is 4.01. The van der Waals surface area contributed by atoms with Crippen LogP contribution in [0, 0.1) is 0 Å². The monoisotopic (exact) mass is 340 g/mol. The first-order chi connectivity index (χ1) is 9.63. The number of carbonyl (C=O) groups excluding carboxylic acids is 2. The average molecular weight is 341 g/mol. The van der Waals surface area contributed by atoms with Crippen LogP contribution in [0.1, 0.15) is 16.8 Å². The van der Waals surface area contributed by atoms with E-state index in [0.29, 0.717) is 31.7 Å². The van der Waals surface area contributed by atoms with E-state index in [1.54, 1.807) is 15.9 Å². The number of carbonyl (C=O) groups is 2. The Hall–Kier alpha value is -1.56. The third kappa shape index (κ3) is 3.30. The summed E-state index contributed by atoms with van der Waals surface area (Å²) in [5.41, 5.74) is 0.652. The summed E-state index contributed by atoms with van der Waals surface area (Å²) in [6.07, 6.45) is 0.422. The zero-order valence-electron chi connectivity index (χ0n) is 11.3. The predicted octanol–water partition coefficient (Wildman–Crippen LogP) is 2.36. The second-order valence-corrected chi connectivity index (χ2v) is 5.44. The molecular weight excluding hydrogens is 324 g/mol. The zero-order chi connectivity index (χ0) is 14.5. The van der Waals surface area contributed by atoms with Crippen LogP contribution in [0.25, 0.3) is 0 Å². The van der Waals surface area contributed by atoms with Gasteiger partial charge in [-0.15, -0.1) is 0 Å². The minimum Gasteiger partial charge on any atom is -0.453 e. The lowest BCUT2D eigenvalue weighted by molar-refractivity contribution is 0.0756. The summed E-state index contributed by atoms with van der Waals surface area (Å²) in [5, 5.41) is 0. The van der Waals surface area contributed by atoms with E-state index in [4.69, 9.17) is 4.74 Å². The number of hydrogen-bond donors (Lipinski definition) is 0. The summed E-state index contributed by atoms with van der Waals surface area (Å²) < 4.78 is 5.51. The summed E-state index contributed by atoms with van der Waals surface area (Å²) in [4.78, 5) is 27.4. The molecule has 0 aliphatic carbocycles. The van der Waals surface area contributed by atoms with Gasteiger partial charge in [0.25, 0.3) is 5.91 Å². The molecule has 1 aromatic carbocycles. The van der Waals surface area contributed by atoms with Crippen molar-refractivity contribution in [3.63, 3.8) is 0 Å². The molecule has 0 radical (unpaired) electrons. The van der Waals surface area contributed by atoms with E-state index < -0.39 is 0 Å². The molecule has 108 valence electrons. The molecule has 0 N–H and O–H groups in total. The van der Waals surface area contributed by atoms with Crippen LogP contribution in [-0.2, 0) is 4.74 Å². The van der Waals surface area contributed by atoms with Crippen molar-refractivity contribution in [2.75, 3.05) is 33.3 Å². The zero-order valence-corrected chi connectivity index (χ0v) is 12.9. The van der Waals surface area contributed by atoms with E-state index >= 15 is 0 Å². The van der Waals surface area contributed by atoms with E-state index in [1.165, 1.54) is 7.11 Å². The topological polar surface area (TPSA) is 49.9 Å². The molecular formula is C14H17BrN2O3. The molecule has 0 spiro atoms. The Balaban J connectivity index is 2.05. The highest BCUT2D eigenvalue weighted by Gasteiger charge is 2.23. The Labute approximate surface area is 126 Å². The van der Waals surface area contributed by atoms with Gasteiger partial charge in [0.15, 0.2) is 0 Å². The molecule has 20 heavy (non-hydrogen) atoms. The van der Waals surface area contributed by atoms with Crippen LogP contribution in [0.3, 0.4) is 0 Å². The highest BCUT2D eigenvalue weighted by molar-refractivity contribution is 9.10. The fourth-order valence-electron chi connectivity index (χ4n) is 2.24. The second kappa shape index (κ2) is 6.74. The number of nitrogens with zero attached hydrogens (tertiary/aromatic N) is 2. The van der Waals surface area contributed by atoms with Gasteiger partial charge in [-0.1, -0.05) is 12.1 Å². The first kappa shape index (κ1) is 14.8. The molecule has 0 saturated carbocycles. The third-order valence-electron chi connectivity index (χ3n) is 3.32. The molecule has 0 atom stereocenters. The fourth-order valence-corrected chi connectivity index (χ4v) is 2.69. The molecule has 2 rings (SSSR count). The maximum Gasteiger partial charge on any atom is 0.409 e. The van der Waals surface area contributed by atoms with E-state index in [9.17, 15) is 9.59 Å². The average Bonchev–Trinajstić information content (AvgIpc) is 2.72. The van der Waals surface area contributed by atoms with Crippen molar-refractivity contribution in [2.24, 2.45) is 0 Å². The van der Waals surface area contributed by atoms with E-state index in [1.807, 2.05) is 18.2 Å². The number of hydrogen-bond acceptors (Lipinski definition) is 3. The Morgan fingerprint density at radius 3 is 2.45 bits per heavy atom. The normalized spacial score (nSPS) is 15.7. The quantitative estimate of drug-likeness (QED) is 0.788. The van der Waals surface area contributed by atoms with Crippen molar-refractivity contribution >= 4 is 27.9 Å². The fraction of sp³-hybridized carbons (Fsp3) is 0.429. The number of halogens is 1. The molecule has 1 saturated heterocycles. The van der Waals surface area contributed by atoms with Crippen LogP contribution in [0.2, 0.25) is 0 Å². The lowest BCUT2D eigenvalue weighted by Gasteiger charge is -2.21. The van der Waals surface area contributed by atoms with E-state index in [0.717, 1.165) is 10.9 Å². The summed E-state index contributed by atoms with van der Waals surface area (Å²) in [7, 11) is 1.37. The molecule has 1 aromatic rings. The first-order valence-electron chi connectivity index (χ1n) is 6.50. The Bertz CT molecular complexity index is 507. The lowest BCUT2D eigenvalue weighted by Crippen LogP contribution is -2.37. The van der Waals surface area contributed by atoms with Gasteiger partial charge >= 0.3 is 6.09 Å². The molecule has 5 nitrogen and oxygen atoms in total. The standard InChI is InChI=1S/C14H17BrN2O3/c1-20-14(19)17-8-4-7-16(9-10-17)13(18)11-5-2-3-6-12(11)15/h2-3,5-6H,4,7-10H2,1H3. The summed E-state index contributed by atoms with van der Waals surface area (Å²) >= 11 is 3.40. The van der Waals surface area contributed by atoms with Crippen molar-refractivity contribution in [3.05, 3.63) is 34.3 Å². The maximum atomic E-state index is 12.5. The molecule has 1 fully saturated rings. The Morgan fingerprint density at radius 1 is 1.10 bits per heavy atom. The minimum absolute atomic E-state index is 0.0100. The summed E-state index contributed by atoms with van der Waals surface area (Å²) in [6.45, 7) is 2.29. The lowest BCUT2D eigenvalue weighted by atomic mass is 10.2. The van der Waals surface area contributed by atoms with Crippen LogP contribution in [0.4, 0.5) is 4.79 Å². The highest BCUT2D eigenvalue weighted by Crippen LogP contribution is 2.18.